The molecule has 0 bridgehead atoms. The summed E-state index contributed by atoms with van der Waals surface area (Å²) in [4.78, 5) is 11.4. The van der Waals surface area contributed by atoms with Crippen LogP contribution in [-0.2, 0) is 16.6 Å². The van der Waals surface area contributed by atoms with Crippen LogP contribution in [0.4, 0.5) is 0 Å². The average molecular weight is 219 g/mol. The van der Waals surface area contributed by atoms with Gasteiger partial charge in [0.15, 0.2) is 0 Å². The number of fused-ring (bicyclic) bond motifs is 1. The van der Waals surface area contributed by atoms with Crippen LogP contribution in [0.25, 0.3) is 10.9 Å². The van der Waals surface area contributed by atoms with Gasteiger partial charge in [-0.3, -0.25) is 4.68 Å². The third-order valence-electron chi connectivity index (χ3n) is 2.54. The van der Waals surface area contributed by atoms with Gasteiger partial charge in [0.2, 0.25) is 0 Å². The number of aromatic nitrogens is 2. The molecule has 1 aromatic carbocycles. The second-order valence-corrected chi connectivity index (χ2v) is 3.53. The van der Waals surface area contributed by atoms with E-state index in [1.165, 1.54) is 7.11 Å². The Kier molecular flexibility index (Phi) is 2.62. The van der Waals surface area contributed by atoms with E-state index in [0.717, 1.165) is 10.9 Å². The summed E-state index contributed by atoms with van der Waals surface area (Å²) in [5.41, 5.74) is 7.31. The number of hydrogen-bond donors (Lipinski definition) is 1. The van der Waals surface area contributed by atoms with Gasteiger partial charge in [-0.1, -0.05) is 18.2 Å². The van der Waals surface area contributed by atoms with Gasteiger partial charge in [0.1, 0.15) is 6.04 Å². The molecule has 5 nitrogen and oxygen atoms in total. The van der Waals surface area contributed by atoms with Crippen LogP contribution in [0.3, 0.4) is 0 Å². The van der Waals surface area contributed by atoms with Crippen LogP contribution >= 0.6 is 0 Å². The molecule has 0 saturated carbocycles. The number of benzene rings is 1. The lowest BCUT2D eigenvalue weighted by molar-refractivity contribution is -0.142. The number of rotatable bonds is 2. The number of methoxy groups -OCH3 is 1. The molecule has 2 rings (SSSR count). The van der Waals surface area contributed by atoms with Gasteiger partial charge in [-0.15, -0.1) is 0 Å². The van der Waals surface area contributed by atoms with Crippen LogP contribution < -0.4 is 5.73 Å². The highest BCUT2D eigenvalue weighted by Crippen LogP contribution is 2.22. The Morgan fingerprint density at radius 1 is 1.50 bits per heavy atom. The van der Waals surface area contributed by atoms with Crippen LogP contribution in [0, 0.1) is 0 Å². The highest BCUT2D eigenvalue weighted by atomic mass is 16.5. The summed E-state index contributed by atoms with van der Waals surface area (Å²) in [6, 6.07) is 6.74. The Bertz CT molecular complexity index is 533. The highest BCUT2D eigenvalue weighted by molar-refractivity contribution is 5.88. The van der Waals surface area contributed by atoms with E-state index >= 15 is 0 Å². The molecular formula is C11H13N3O2. The predicted octanol–water partition coefficient (Wildman–Crippen LogP) is 0.746. The lowest BCUT2D eigenvalue weighted by Crippen LogP contribution is -2.25. The molecule has 1 aromatic heterocycles. The van der Waals surface area contributed by atoms with Crippen molar-refractivity contribution in [2.45, 2.75) is 6.04 Å². The molecule has 5 heteroatoms. The summed E-state index contributed by atoms with van der Waals surface area (Å²) in [5.74, 6) is -0.464. The van der Waals surface area contributed by atoms with E-state index in [9.17, 15) is 4.79 Å². The van der Waals surface area contributed by atoms with Crippen molar-refractivity contribution in [2.75, 3.05) is 7.11 Å². The zero-order valence-corrected chi connectivity index (χ0v) is 9.18. The number of nitrogens with two attached hydrogens (primary N) is 1. The van der Waals surface area contributed by atoms with E-state index in [1.807, 2.05) is 24.3 Å². The Balaban J connectivity index is 2.59. The van der Waals surface area contributed by atoms with Crippen molar-refractivity contribution in [1.82, 2.24) is 9.78 Å². The van der Waals surface area contributed by atoms with Crippen molar-refractivity contribution in [3.63, 3.8) is 0 Å². The van der Waals surface area contributed by atoms with E-state index in [4.69, 9.17) is 5.73 Å². The van der Waals surface area contributed by atoms with Gasteiger partial charge < -0.3 is 10.5 Å². The minimum Gasteiger partial charge on any atom is -0.468 e. The molecule has 0 spiro atoms. The Morgan fingerprint density at radius 3 is 2.88 bits per heavy atom. The van der Waals surface area contributed by atoms with Gasteiger partial charge >= 0.3 is 5.97 Å². The molecule has 0 fully saturated rings. The molecule has 0 aliphatic carbocycles. The first-order chi connectivity index (χ1) is 7.65. The molecule has 0 aliphatic heterocycles. The molecule has 84 valence electrons. The first-order valence-electron chi connectivity index (χ1n) is 4.90. The largest absolute Gasteiger partial charge is 0.468 e. The Morgan fingerprint density at radius 2 is 2.19 bits per heavy atom. The van der Waals surface area contributed by atoms with E-state index in [1.54, 1.807) is 11.7 Å². The van der Waals surface area contributed by atoms with E-state index < -0.39 is 12.0 Å². The fraction of sp³-hybridized carbons (Fsp3) is 0.273. The van der Waals surface area contributed by atoms with Crippen molar-refractivity contribution in [1.29, 1.82) is 0 Å². The second-order valence-electron chi connectivity index (χ2n) is 3.53. The molecule has 1 unspecified atom stereocenters. The minimum absolute atomic E-state index is 0.464. The maximum atomic E-state index is 11.4. The SMILES string of the molecule is COC(=O)C(N)c1c2ccccc2nn1C. The van der Waals surface area contributed by atoms with Crippen molar-refractivity contribution in [3.05, 3.63) is 30.0 Å². The van der Waals surface area contributed by atoms with Crippen LogP contribution in [0.2, 0.25) is 0 Å². The van der Waals surface area contributed by atoms with Crippen LogP contribution in [0.15, 0.2) is 24.3 Å². The van der Waals surface area contributed by atoms with Crippen molar-refractivity contribution in [3.8, 4) is 0 Å². The third-order valence-corrected chi connectivity index (χ3v) is 2.54. The number of aryl methyl sites for hydroxylation is 1. The lowest BCUT2D eigenvalue weighted by atomic mass is 10.1. The van der Waals surface area contributed by atoms with Crippen molar-refractivity contribution >= 4 is 16.9 Å². The summed E-state index contributed by atoms with van der Waals surface area (Å²) in [6.07, 6.45) is 0. The molecule has 16 heavy (non-hydrogen) atoms. The summed E-state index contributed by atoms with van der Waals surface area (Å²) in [6.45, 7) is 0. The van der Waals surface area contributed by atoms with E-state index in [-0.39, 0.29) is 0 Å². The van der Waals surface area contributed by atoms with Crippen LogP contribution in [0.5, 0.6) is 0 Å². The van der Waals surface area contributed by atoms with Gasteiger partial charge in [-0.2, -0.15) is 5.10 Å². The summed E-state index contributed by atoms with van der Waals surface area (Å²) in [7, 11) is 3.08. The first kappa shape index (κ1) is 10.6. The standard InChI is InChI=1S/C11H13N3O2/c1-14-10(9(12)11(15)16-2)7-5-3-4-6-8(7)13-14/h3-6,9H,12H2,1-2H3. The molecule has 0 aliphatic rings. The monoisotopic (exact) mass is 219 g/mol. The zero-order valence-electron chi connectivity index (χ0n) is 9.18. The fourth-order valence-corrected chi connectivity index (χ4v) is 1.77. The normalized spacial score (nSPS) is 12.7. The molecule has 1 atom stereocenters. The molecule has 2 aromatic rings. The van der Waals surface area contributed by atoms with Gasteiger partial charge in [0.25, 0.3) is 0 Å². The number of hydrogen-bond acceptors (Lipinski definition) is 4. The summed E-state index contributed by atoms with van der Waals surface area (Å²) >= 11 is 0. The number of carbonyl (C=O) groups excluding carboxylic acids is 1. The molecule has 1 heterocycles. The maximum absolute atomic E-state index is 11.4. The third kappa shape index (κ3) is 1.55. The summed E-state index contributed by atoms with van der Waals surface area (Å²) < 4.78 is 6.25. The van der Waals surface area contributed by atoms with E-state index in [0.29, 0.717) is 5.69 Å². The average Bonchev–Trinajstić information content (AvgIpc) is 2.63. The quantitative estimate of drug-likeness (QED) is 0.756. The van der Waals surface area contributed by atoms with E-state index in [2.05, 4.69) is 9.84 Å². The van der Waals surface area contributed by atoms with Gasteiger partial charge in [0, 0.05) is 12.4 Å². The Hall–Kier alpha value is -1.88. The zero-order chi connectivity index (χ0) is 11.7. The van der Waals surface area contributed by atoms with Gasteiger partial charge in [0.05, 0.1) is 18.3 Å². The lowest BCUT2D eigenvalue weighted by Gasteiger charge is -2.09. The molecular weight excluding hydrogens is 206 g/mol. The maximum Gasteiger partial charge on any atom is 0.328 e. The van der Waals surface area contributed by atoms with Gasteiger partial charge in [-0.25, -0.2) is 4.79 Å². The number of carbonyl (C=O) groups is 1. The van der Waals surface area contributed by atoms with Gasteiger partial charge in [-0.05, 0) is 6.07 Å². The molecule has 0 saturated heterocycles. The van der Waals surface area contributed by atoms with Crippen LogP contribution in [-0.4, -0.2) is 22.9 Å². The molecule has 0 radical (unpaired) electrons. The number of ether oxygens (including phenoxy) is 1. The topological polar surface area (TPSA) is 70.1 Å². The van der Waals surface area contributed by atoms with Crippen molar-refractivity contribution < 1.29 is 9.53 Å². The van der Waals surface area contributed by atoms with Crippen LogP contribution in [0.1, 0.15) is 11.7 Å². The number of nitrogens with zero attached hydrogens (tertiary/aromatic N) is 2. The minimum atomic E-state index is -0.803. The van der Waals surface area contributed by atoms with Crippen molar-refractivity contribution in [2.24, 2.45) is 12.8 Å². The summed E-state index contributed by atoms with van der Waals surface area (Å²) in [5, 5.41) is 5.16. The Labute approximate surface area is 92.8 Å². The molecule has 0 amide bonds. The smallest absolute Gasteiger partial charge is 0.328 e. The second kappa shape index (κ2) is 3.94. The molecule has 2 N–H and O–H groups in total. The first-order valence-corrected chi connectivity index (χ1v) is 4.90. The number of esters is 1. The fourth-order valence-electron chi connectivity index (χ4n) is 1.77. The highest BCUT2D eigenvalue weighted by Gasteiger charge is 2.22. The predicted molar refractivity (Wildman–Crippen MR) is 59.7 cm³/mol.